The summed E-state index contributed by atoms with van der Waals surface area (Å²) in [6.45, 7) is 12.0. The Bertz CT molecular complexity index is 419. The van der Waals surface area contributed by atoms with E-state index in [4.69, 9.17) is 0 Å². The molecule has 0 fully saturated rings. The van der Waals surface area contributed by atoms with Gasteiger partial charge in [-0.25, -0.2) is 0 Å². The van der Waals surface area contributed by atoms with E-state index in [2.05, 4.69) is 79.5 Å². The summed E-state index contributed by atoms with van der Waals surface area (Å²) in [6.07, 6.45) is 0. The van der Waals surface area contributed by atoms with E-state index < -0.39 is 0 Å². The molecule has 0 unspecified atom stereocenters. The molecule has 0 aromatic heterocycles. The molecule has 2 aromatic rings. The lowest BCUT2D eigenvalue weighted by Gasteiger charge is -2.13. The fourth-order valence-electron chi connectivity index (χ4n) is 2.21. The third-order valence-corrected chi connectivity index (χ3v) is 3.69. The first-order valence-electron chi connectivity index (χ1n) is 8.31. The van der Waals surface area contributed by atoms with E-state index in [1.807, 2.05) is 12.1 Å². The highest BCUT2D eigenvalue weighted by Gasteiger charge is 1.92. The molecule has 0 radical (unpaired) electrons. The van der Waals surface area contributed by atoms with Gasteiger partial charge < -0.3 is 10.2 Å². The van der Waals surface area contributed by atoms with Crippen molar-refractivity contribution in [3.63, 3.8) is 0 Å². The molecule has 120 valence electrons. The van der Waals surface area contributed by atoms with Crippen LogP contribution < -0.4 is 5.32 Å². The van der Waals surface area contributed by atoms with E-state index >= 15 is 0 Å². The van der Waals surface area contributed by atoms with Crippen LogP contribution in [0.1, 0.15) is 31.9 Å². The highest BCUT2D eigenvalue weighted by atomic mass is 15.1. The van der Waals surface area contributed by atoms with Crippen LogP contribution in [0.15, 0.2) is 60.7 Å². The number of rotatable bonds is 7. The summed E-state index contributed by atoms with van der Waals surface area (Å²) in [5.41, 5.74) is 2.65. The topological polar surface area (TPSA) is 15.3 Å². The molecule has 0 saturated carbocycles. The predicted molar refractivity (Wildman–Crippen MR) is 96.9 cm³/mol. The van der Waals surface area contributed by atoms with Crippen molar-refractivity contribution in [3.05, 3.63) is 71.8 Å². The van der Waals surface area contributed by atoms with Crippen molar-refractivity contribution in [1.29, 1.82) is 0 Å². The minimum absolute atomic E-state index is 0.926. The molecule has 0 amide bonds. The monoisotopic (exact) mass is 298 g/mol. The molecule has 2 aromatic carbocycles. The van der Waals surface area contributed by atoms with Gasteiger partial charge in [0, 0.05) is 13.1 Å². The second-order valence-electron chi connectivity index (χ2n) is 5.19. The van der Waals surface area contributed by atoms with Crippen LogP contribution in [-0.2, 0) is 13.1 Å². The van der Waals surface area contributed by atoms with Crippen LogP contribution in [0.5, 0.6) is 0 Å². The molecule has 0 spiro atoms. The van der Waals surface area contributed by atoms with E-state index in [9.17, 15) is 0 Å². The smallest absolute Gasteiger partial charge is 0.0208 e. The molecule has 2 heteroatoms. The first kappa shape index (κ1) is 18.4. The van der Waals surface area contributed by atoms with Gasteiger partial charge in [0.05, 0.1) is 0 Å². The van der Waals surface area contributed by atoms with Crippen LogP contribution in [-0.4, -0.2) is 24.5 Å². The number of nitrogens with one attached hydrogen (secondary N) is 1. The maximum absolute atomic E-state index is 3.42. The van der Waals surface area contributed by atoms with Crippen molar-refractivity contribution in [3.8, 4) is 0 Å². The first-order valence-corrected chi connectivity index (χ1v) is 8.31. The number of hydrogen-bond acceptors (Lipinski definition) is 2. The second-order valence-corrected chi connectivity index (χ2v) is 5.19. The summed E-state index contributed by atoms with van der Waals surface area (Å²) in [5, 5.41) is 3.42. The summed E-state index contributed by atoms with van der Waals surface area (Å²) < 4.78 is 0. The zero-order valence-corrected chi connectivity index (χ0v) is 14.3. The summed E-state index contributed by atoms with van der Waals surface area (Å²) in [4.78, 5) is 2.38. The zero-order chi connectivity index (χ0) is 16.0. The number of benzene rings is 2. The quantitative estimate of drug-likeness (QED) is 0.818. The average Bonchev–Trinajstić information content (AvgIpc) is 2.59. The van der Waals surface area contributed by atoms with Crippen molar-refractivity contribution >= 4 is 0 Å². The highest BCUT2D eigenvalue weighted by molar-refractivity contribution is 5.16. The summed E-state index contributed by atoms with van der Waals surface area (Å²) in [6, 6.07) is 20.9. The van der Waals surface area contributed by atoms with Crippen molar-refractivity contribution < 1.29 is 0 Å². The van der Waals surface area contributed by atoms with Gasteiger partial charge in [-0.2, -0.15) is 0 Å². The Balaban J connectivity index is 0.000000295. The van der Waals surface area contributed by atoms with Gasteiger partial charge in [0.2, 0.25) is 0 Å². The van der Waals surface area contributed by atoms with Crippen LogP contribution in [0.4, 0.5) is 0 Å². The van der Waals surface area contributed by atoms with Crippen molar-refractivity contribution in [2.45, 2.75) is 33.9 Å². The van der Waals surface area contributed by atoms with Gasteiger partial charge in [-0.3, -0.25) is 0 Å². The standard InChI is InChI=1S/C14H15N.C6H15N/c1-3-7-13(8-4-1)11-15-12-14-9-5-2-6-10-14;1-4-7(5-2)6-3/h1-10,15H,11-12H2;4-6H2,1-3H3. The van der Waals surface area contributed by atoms with Crippen molar-refractivity contribution in [1.82, 2.24) is 10.2 Å². The molecule has 0 aliphatic rings. The lowest BCUT2D eigenvalue weighted by Crippen LogP contribution is -2.21. The fraction of sp³-hybridized carbons (Fsp3) is 0.400. The highest BCUT2D eigenvalue weighted by Crippen LogP contribution is 2.00. The SMILES string of the molecule is CCN(CC)CC.c1ccc(CNCc2ccccc2)cc1. The Morgan fingerprint density at radius 3 is 1.27 bits per heavy atom. The lowest BCUT2D eigenvalue weighted by atomic mass is 10.2. The van der Waals surface area contributed by atoms with Crippen LogP contribution >= 0.6 is 0 Å². The molecule has 1 N–H and O–H groups in total. The van der Waals surface area contributed by atoms with Crippen molar-refractivity contribution in [2.75, 3.05) is 19.6 Å². The third kappa shape index (κ3) is 7.96. The number of hydrogen-bond donors (Lipinski definition) is 1. The zero-order valence-electron chi connectivity index (χ0n) is 14.3. The van der Waals surface area contributed by atoms with Crippen LogP contribution in [0.3, 0.4) is 0 Å². The van der Waals surface area contributed by atoms with E-state index in [0.29, 0.717) is 0 Å². The molecule has 0 atom stereocenters. The molecule has 0 aliphatic carbocycles. The summed E-state index contributed by atoms with van der Waals surface area (Å²) >= 11 is 0. The van der Waals surface area contributed by atoms with Crippen LogP contribution in [0.2, 0.25) is 0 Å². The maximum atomic E-state index is 3.42. The van der Waals surface area contributed by atoms with E-state index in [-0.39, 0.29) is 0 Å². The normalized spacial score (nSPS) is 10.2. The molecule has 2 nitrogen and oxygen atoms in total. The Morgan fingerprint density at radius 1 is 0.636 bits per heavy atom. The Kier molecular flexibility index (Phi) is 10.0. The molecule has 0 saturated heterocycles. The molecule has 0 heterocycles. The van der Waals surface area contributed by atoms with Gasteiger partial charge in [0.1, 0.15) is 0 Å². The van der Waals surface area contributed by atoms with E-state index in [1.54, 1.807) is 0 Å². The van der Waals surface area contributed by atoms with Gasteiger partial charge in [-0.15, -0.1) is 0 Å². The molecular formula is C20H30N2. The Morgan fingerprint density at radius 2 is 1.00 bits per heavy atom. The Labute approximate surface area is 136 Å². The minimum atomic E-state index is 0.926. The average molecular weight is 298 g/mol. The molecular weight excluding hydrogens is 268 g/mol. The summed E-state index contributed by atoms with van der Waals surface area (Å²) in [7, 11) is 0. The lowest BCUT2D eigenvalue weighted by molar-refractivity contribution is 0.321. The molecule has 0 bridgehead atoms. The van der Waals surface area contributed by atoms with Gasteiger partial charge in [0.25, 0.3) is 0 Å². The predicted octanol–water partition coefficient (Wildman–Crippen LogP) is 4.32. The molecule has 0 aliphatic heterocycles. The van der Waals surface area contributed by atoms with Gasteiger partial charge in [-0.1, -0.05) is 81.4 Å². The Hall–Kier alpha value is -1.64. The van der Waals surface area contributed by atoms with Gasteiger partial charge >= 0.3 is 0 Å². The first-order chi connectivity index (χ1) is 10.8. The third-order valence-electron chi connectivity index (χ3n) is 3.69. The van der Waals surface area contributed by atoms with Crippen molar-refractivity contribution in [2.24, 2.45) is 0 Å². The summed E-state index contributed by atoms with van der Waals surface area (Å²) in [5.74, 6) is 0. The molecule has 2 rings (SSSR count). The second kappa shape index (κ2) is 12.0. The largest absolute Gasteiger partial charge is 0.309 e. The number of nitrogens with zero attached hydrogens (tertiary/aromatic N) is 1. The maximum Gasteiger partial charge on any atom is 0.0208 e. The van der Waals surface area contributed by atoms with Crippen LogP contribution in [0.25, 0.3) is 0 Å². The minimum Gasteiger partial charge on any atom is -0.309 e. The van der Waals surface area contributed by atoms with E-state index in [1.165, 1.54) is 30.8 Å². The van der Waals surface area contributed by atoms with Gasteiger partial charge in [-0.05, 0) is 30.8 Å². The van der Waals surface area contributed by atoms with Gasteiger partial charge in [0.15, 0.2) is 0 Å². The van der Waals surface area contributed by atoms with Crippen LogP contribution in [0, 0.1) is 0 Å². The molecule has 22 heavy (non-hydrogen) atoms. The van der Waals surface area contributed by atoms with E-state index in [0.717, 1.165) is 13.1 Å². The fourth-order valence-corrected chi connectivity index (χ4v) is 2.21.